The largest absolute Gasteiger partial charge is 0.445 e. The van der Waals surface area contributed by atoms with Crippen molar-refractivity contribution in [2.45, 2.75) is 51.9 Å². The summed E-state index contributed by atoms with van der Waals surface area (Å²) in [4.78, 5) is 30.0. The molecule has 0 unspecified atom stereocenters. The van der Waals surface area contributed by atoms with Crippen LogP contribution in [-0.4, -0.2) is 22.9 Å². The molecule has 1 aromatic carbocycles. The Kier molecular flexibility index (Phi) is 9.12. The zero-order valence-corrected chi connectivity index (χ0v) is 19.3. The maximum absolute atomic E-state index is 13.5. The lowest BCUT2D eigenvalue weighted by Crippen LogP contribution is -2.48. The molecule has 2 aromatic heterocycles. The Balaban J connectivity index is 1.67. The molecule has 164 valence electrons. The predicted molar refractivity (Wildman–Crippen MR) is 126 cm³/mol. The standard InChI is InChI=1S/C24H28N2O3S2/c1-2-3-13-22(25-24(28)29-18-19-9-5-4-6-10-19)23(27)26(16-20-11-7-14-30-20)17-21-12-8-15-31-21/h4-12,14-15,22H,2-3,13,16-18H2,1H3,(H,25,28)/t22-/m0/s1. The zero-order chi connectivity index (χ0) is 21.9. The fourth-order valence-corrected chi connectivity index (χ4v) is 4.62. The minimum absolute atomic E-state index is 0.0769. The van der Waals surface area contributed by atoms with Crippen molar-refractivity contribution in [3.05, 3.63) is 80.7 Å². The number of ether oxygens (including phenoxy) is 1. The SMILES string of the molecule is CCCC[C@H](NC(=O)OCc1ccccc1)C(=O)N(Cc1cccs1)Cc1cccs1. The molecule has 7 heteroatoms. The molecule has 3 aromatic rings. The molecule has 0 fully saturated rings. The highest BCUT2D eigenvalue weighted by molar-refractivity contribution is 7.10. The van der Waals surface area contributed by atoms with Gasteiger partial charge in [0.2, 0.25) is 5.91 Å². The number of alkyl carbamates (subject to hydrolysis) is 1. The second-order valence-electron chi connectivity index (χ2n) is 7.25. The first kappa shape index (κ1) is 23.0. The van der Waals surface area contributed by atoms with Crippen molar-refractivity contribution in [2.75, 3.05) is 0 Å². The lowest BCUT2D eigenvalue weighted by Gasteiger charge is -2.27. The van der Waals surface area contributed by atoms with Gasteiger partial charge in [-0.25, -0.2) is 4.79 Å². The molecule has 0 saturated heterocycles. The van der Waals surface area contributed by atoms with E-state index in [1.54, 1.807) is 22.7 Å². The highest BCUT2D eigenvalue weighted by Crippen LogP contribution is 2.19. The van der Waals surface area contributed by atoms with Gasteiger partial charge in [0.1, 0.15) is 12.6 Å². The van der Waals surface area contributed by atoms with E-state index in [0.29, 0.717) is 19.5 Å². The predicted octanol–water partition coefficient (Wildman–Crippen LogP) is 5.82. The molecule has 0 bridgehead atoms. The number of nitrogens with zero attached hydrogens (tertiary/aromatic N) is 1. The first-order valence-electron chi connectivity index (χ1n) is 10.5. The van der Waals surface area contributed by atoms with E-state index in [2.05, 4.69) is 12.2 Å². The molecule has 31 heavy (non-hydrogen) atoms. The summed E-state index contributed by atoms with van der Waals surface area (Å²) in [5.74, 6) is -0.0769. The molecule has 3 rings (SSSR count). The summed E-state index contributed by atoms with van der Waals surface area (Å²) >= 11 is 3.26. The molecule has 0 radical (unpaired) electrons. The lowest BCUT2D eigenvalue weighted by molar-refractivity contribution is -0.134. The molecule has 5 nitrogen and oxygen atoms in total. The lowest BCUT2D eigenvalue weighted by atomic mass is 10.1. The summed E-state index contributed by atoms with van der Waals surface area (Å²) in [6, 6.07) is 16.9. The van der Waals surface area contributed by atoms with Gasteiger partial charge in [0.05, 0.1) is 13.1 Å². The van der Waals surface area contributed by atoms with Gasteiger partial charge < -0.3 is 15.0 Å². The summed E-state index contributed by atoms with van der Waals surface area (Å²) in [5, 5.41) is 6.84. The van der Waals surface area contributed by atoms with Crippen LogP contribution in [0.4, 0.5) is 4.79 Å². The normalized spacial score (nSPS) is 11.6. The first-order chi connectivity index (χ1) is 15.2. The van der Waals surface area contributed by atoms with E-state index in [1.165, 1.54) is 0 Å². The van der Waals surface area contributed by atoms with Crippen molar-refractivity contribution in [1.82, 2.24) is 10.2 Å². The maximum Gasteiger partial charge on any atom is 0.408 e. The molecule has 0 spiro atoms. The van der Waals surface area contributed by atoms with Gasteiger partial charge in [-0.2, -0.15) is 0 Å². The summed E-state index contributed by atoms with van der Waals surface area (Å²) in [6.07, 6.45) is 1.81. The van der Waals surface area contributed by atoms with Crippen molar-refractivity contribution >= 4 is 34.7 Å². The number of rotatable bonds is 11. The molecular formula is C24H28N2O3S2. The number of amides is 2. The number of nitrogens with one attached hydrogen (secondary N) is 1. The van der Waals surface area contributed by atoms with Crippen LogP contribution in [0.15, 0.2) is 65.4 Å². The average molecular weight is 457 g/mol. The van der Waals surface area contributed by atoms with E-state index >= 15 is 0 Å². The van der Waals surface area contributed by atoms with Gasteiger partial charge in [-0.1, -0.05) is 62.2 Å². The highest BCUT2D eigenvalue weighted by atomic mass is 32.1. The van der Waals surface area contributed by atoms with E-state index in [-0.39, 0.29) is 12.5 Å². The Bertz CT molecular complexity index is 875. The second-order valence-corrected chi connectivity index (χ2v) is 9.32. The van der Waals surface area contributed by atoms with Crippen LogP contribution in [0.5, 0.6) is 0 Å². The van der Waals surface area contributed by atoms with E-state index in [0.717, 1.165) is 28.2 Å². The topological polar surface area (TPSA) is 58.6 Å². The monoisotopic (exact) mass is 456 g/mol. The Morgan fingerprint density at radius 3 is 2.16 bits per heavy atom. The molecule has 2 amide bonds. The summed E-state index contributed by atoms with van der Waals surface area (Å²) in [6.45, 7) is 3.30. The average Bonchev–Trinajstić information content (AvgIpc) is 3.49. The Labute approximate surface area is 191 Å². The second kappa shape index (κ2) is 12.3. The van der Waals surface area contributed by atoms with Gasteiger partial charge in [-0.15, -0.1) is 22.7 Å². The molecular weight excluding hydrogens is 428 g/mol. The molecule has 1 atom stereocenters. The van der Waals surface area contributed by atoms with E-state index in [4.69, 9.17) is 4.74 Å². The Hall–Kier alpha value is -2.64. The van der Waals surface area contributed by atoms with Crippen LogP contribution in [0.1, 0.15) is 41.5 Å². The number of carbonyl (C=O) groups excluding carboxylic acids is 2. The van der Waals surface area contributed by atoms with Gasteiger partial charge in [0.15, 0.2) is 0 Å². The molecule has 0 aliphatic rings. The maximum atomic E-state index is 13.5. The number of hydrogen-bond acceptors (Lipinski definition) is 5. The third-order valence-electron chi connectivity index (χ3n) is 4.81. The van der Waals surface area contributed by atoms with E-state index < -0.39 is 12.1 Å². The zero-order valence-electron chi connectivity index (χ0n) is 17.7. The molecule has 1 N–H and O–H groups in total. The van der Waals surface area contributed by atoms with Crippen LogP contribution in [0, 0.1) is 0 Å². The van der Waals surface area contributed by atoms with Gasteiger partial charge in [-0.05, 0) is 34.9 Å². The fourth-order valence-electron chi connectivity index (χ4n) is 3.19. The third-order valence-corrected chi connectivity index (χ3v) is 6.54. The third kappa shape index (κ3) is 7.52. The highest BCUT2D eigenvalue weighted by Gasteiger charge is 2.27. The van der Waals surface area contributed by atoms with Crippen molar-refractivity contribution in [1.29, 1.82) is 0 Å². The number of benzene rings is 1. The molecule has 0 aliphatic heterocycles. The van der Waals surface area contributed by atoms with Crippen molar-refractivity contribution < 1.29 is 14.3 Å². The number of unbranched alkanes of at least 4 members (excludes halogenated alkanes) is 1. The first-order valence-corrected chi connectivity index (χ1v) is 12.2. The van der Waals surface area contributed by atoms with E-state index in [9.17, 15) is 9.59 Å². The Morgan fingerprint density at radius 1 is 0.968 bits per heavy atom. The van der Waals surface area contributed by atoms with Gasteiger partial charge in [0, 0.05) is 9.75 Å². The smallest absolute Gasteiger partial charge is 0.408 e. The van der Waals surface area contributed by atoms with Crippen LogP contribution < -0.4 is 5.32 Å². The van der Waals surface area contributed by atoms with Crippen molar-refractivity contribution in [3.8, 4) is 0 Å². The van der Waals surface area contributed by atoms with Crippen molar-refractivity contribution in [3.63, 3.8) is 0 Å². The minimum Gasteiger partial charge on any atom is -0.445 e. The molecule has 2 heterocycles. The Morgan fingerprint density at radius 2 is 1.61 bits per heavy atom. The summed E-state index contributed by atoms with van der Waals surface area (Å²) < 4.78 is 5.36. The summed E-state index contributed by atoms with van der Waals surface area (Å²) in [5.41, 5.74) is 0.908. The van der Waals surface area contributed by atoms with E-state index in [1.807, 2.05) is 70.3 Å². The quantitative estimate of drug-likeness (QED) is 0.395. The minimum atomic E-state index is -0.608. The van der Waals surface area contributed by atoms with Crippen LogP contribution in [-0.2, 0) is 29.2 Å². The number of hydrogen-bond donors (Lipinski definition) is 1. The fraction of sp³-hybridized carbons (Fsp3) is 0.333. The van der Waals surface area contributed by atoms with Crippen LogP contribution in [0.2, 0.25) is 0 Å². The van der Waals surface area contributed by atoms with Gasteiger partial charge >= 0.3 is 6.09 Å². The number of carbonyl (C=O) groups is 2. The molecule has 0 aliphatic carbocycles. The number of thiophene rings is 2. The van der Waals surface area contributed by atoms with Crippen molar-refractivity contribution in [2.24, 2.45) is 0 Å². The molecule has 0 saturated carbocycles. The van der Waals surface area contributed by atoms with Crippen LogP contribution >= 0.6 is 22.7 Å². The van der Waals surface area contributed by atoms with Gasteiger partial charge in [0.25, 0.3) is 0 Å². The van der Waals surface area contributed by atoms with Crippen LogP contribution in [0.3, 0.4) is 0 Å². The van der Waals surface area contributed by atoms with Gasteiger partial charge in [-0.3, -0.25) is 4.79 Å². The summed E-state index contributed by atoms with van der Waals surface area (Å²) in [7, 11) is 0. The van der Waals surface area contributed by atoms with Crippen LogP contribution in [0.25, 0.3) is 0 Å².